The number of hydrogen-bond acceptors (Lipinski definition) is 19. The van der Waals surface area contributed by atoms with Gasteiger partial charge in [-0.05, 0) is 135 Å². The van der Waals surface area contributed by atoms with Crippen LogP contribution < -0.4 is 20.1 Å². The highest BCUT2D eigenvalue weighted by Crippen LogP contribution is 2.38. The summed E-state index contributed by atoms with van der Waals surface area (Å²) in [5.41, 5.74) is 1.63. The summed E-state index contributed by atoms with van der Waals surface area (Å²) in [5, 5.41) is 15.4. The van der Waals surface area contributed by atoms with Gasteiger partial charge in [-0.1, -0.05) is 46.9 Å². The van der Waals surface area contributed by atoms with Crippen molar-refractivity contribution in [1.82, 2.24) is 9.97 Å². The maximum atomic E-state index is 13.4. The molecule has 4 heterocycles. The van der Waals surface area contributed by atoms with E-state index in [0.29, 0.717) is 126 Å². The molecule has 2 aliphatic carbocycles. The zero-order chi connectivity index (χ0) is 54.1. The number of methoxy groups -OCH3 is 1. The highest BCUT2D eigenvalue weighted by Gasteiger charge is 2.38. The van der Waals surface area contributed by atoms with Crippen molar-refractivity contribution in [3.05, 3.63) is 132 Å². The Bertz CT molecular complexity index is 3240. The number of esters is 1. The Labute approximate surface area is 451 Å². The highest BCUT2D eigenvalue weighted by atomic mass is 32.2. The molecule has 2 aliphatic heterocycles. The Morgan fingerprint density at radius 3 is 1.29 bits per heavy atom. The molecule has 0 bridgehead atoms. The number of aromatic nitrogens is 2. The van der Waals surface area contributed by atoms with Gasteiger partial charge in [0.2, 0.25) is 10.1 Å². The van der Waals surface area contributed by atoms with E-state index in [0.717, 1.165) is 22.7 Å². The summed E-state index contributed by atoms with van der Waals surface area (Å²) in [6.45, 7) is 2.17. The van der Waals surface area contributed by atoms with Crippen molar-refractivity contribution >= 4 is 76.4 Å². The van der Waals surface area contributed by atoms with Gasteiger partial charge < -0.3 is 38.3 Å². The van der Waals surface area contributed by atoms with E-state index in [1.807, 2.05) is 0 Å². The first-order chi connectivity index (χ1) is 37.1. The number of nitrogens with one attached hydrogen (secondary N) is 2. The lowest BCUT2D eigenvalue weighted by atomic mass is 10.1. The molecule has 2 unspecified atom stereocenters. The molecule has 0 radical (unpaired) electrons. The lowest BCUT2D eigenvalue weighted by Gasteiger charge is -2.27. The molecule has 406 valence electrons. The Hall–Kier alpha value is -6.64. The number of carboxylic acids is 1. The molecule has 2 amide bonds. The fourth-order valence-electron chi connectivity index (χ4n) is 8.14. The second-order valence-electron chi connectivity index (χ2n) is 18.3. The van der Waals surface area contributed by atoms with E-state index >= 15 is 0 Å². The number of rotatable bonds is 20. The Morgan fingerprint density at radius 1 is 0.558 bits per heavy atom. The summed E-state index contributed by atoms with van der Waals surface area (Å²) < 4.78 is 89.8. The molecule has 3 N–H and O–H groups in total. The van der Waals surface area contributed by atoms with E-state index in [9.17, 15) is 36.0 Å². The molecule has 2 saturated heterocycles. The van der Waals surface area contributed by atoms with Gasteiger partial charge in [0.05, 0.1) is 63.1 Å². The van der Waals surface area contributed by atoms with Crippen LogP contribution in [0, 0.1) is 0 Å². The van der Waals surface area contributed by atoms with Gasteiger partial charge in [-0.3, -0.25) is 20.2 Å². The number of thiazole rings is 2. The van der Waals surface area contributed by atoms with E-state index in [4.69, 9.17) is 38.3 Å². The van der Waals surface area contributed by atoms with Crippen molar-refractivity contribution in [3.8, 4) is 21.6 Å². The average Bonchev–Trinajstić information content (AvgIpc) is 4.40. The number of nitrogens with zero attached hydrogens (tertiary/aromatic N) is 2. The van der Waals surface area contributed by atoms with E-state index in [-0.39, 0.29) is 38.1 Å². The summed E-state index contributed by atoms with van der Waals surface area (Å²) in [6.07, 6.45) is 5.96. The van der Waals surface area contributed by atoms with Crippen LogP contribution in [-0.4, -0.2) is 112 Å². The lowest BCUT2D eigenvalue weighted by Crippen LogP contribution is -2.31. The topological polar surface area (TPSA) is 271 Å². The summed E-state index contributed by atoms with van der Waals surface area (Å²) in [5.74, 6) is -1.43. The summed E-state index contributed by atoms with van der Waals surface area (Å²) in [4.78, 5) is 58.3. The second kappa shape index (κ2) is 24.8. The van der Waals surface area contributed by atoms with E-state index in [2.05, 4.69) is 20.6 Å². The van der Waals surface area contributed by atoms with Crippen molar-refractivity contribution in [2.24, 2.45) is 0 Å². The summed E-state index contributed by atoms with van der Waals surface area (Å²) in [7, 11) is -5.37. The Kier molecular flexibility index (Phi) is 17.7. The fourth-order valence-corrected chi connectivity index (χ4v) is 12.8. The first kappa shape index (κ1) is 55.1. The molecule has 10 rings (SSSR count). The molecule has 20 nitrogen and oxygen atoms in total. The number of carbonyl (C=O) groups is 4. The van der Waals surface area contributed by atoms with Crippen molar-refractivity contribution < 1.29 is 74.3 Å². The quantitative estimate of drug-likeness (QED) is 0.0602. The van der Waals surface area contributed by atoms with Gasteiger partial charge in [0, 0.05) is 26.4 Å². The molecule has 77 heavy (non-hydrogen) atoms. The SMILES string of the molecule is COC(=O)c1ccc(Oc2cnc(NC(=O)C(OC3CCOCC3)c3ccc(S(=O)(=O)C4CC4)cc3)s2)cc1.O=C(O)c1ccc(Oc2cnc(NC(=O)C(OC3CCOCC3)c3ccc(S(=O)(=O)C4CC4)cc3)s2)cc1. The number of benzene rings is 4. The maximum absolute atomic E-state index is 13.4. The standard InChI is InChI=1S/C27H28N2O8S2.C26H26N2O8S2/c1-34-26(31)18-2-6-19(7-3-18)36-23-16-28-27(38-23)29-25(30)24(37-20-12-14-35-15-13-20)17-4-8-21(9-5-17)39(32,33)22-10-11-22;29-24(28-26-27-15-22(37-26)35-18-5-1-17(2-6-18)25(30)31)23(36-19-11-13-34-14-12-19)16-3-7-20(8-4-16)38(32,33)21-9-10-21/h2-9,16,20,22,24H,10-15H2,1H3,(H,28,29,30);1-8,15,19,21,23H,9-14H2,(H,30,31)(H,27,28,29). The molecular weight excluding hydrogens is 1080 g/mol. The van der Waals surface area contributed by atoms with Crippen LogP contribution >= 0.6 is 22.7 Å². The van der Waals surface area contributed by atoms with Crippen molar-refractivity contribution in [3.63, 3.8) is 0 Å². The second-order valence-corrected chi connectivity index (χ2v) is 24.7. The first-order valence-corrected chi connectivity index (χ1v) is 29.4. The zero-order valence-electron chi connectivity index (χ0n) is 41.4. The largest absolute Gasteiger partial charge is 0.478 e. The minimum atomic E-state index is -3.34. The molecule has 24 heteroatoms. The molecule has 4 aromatic carbocycles. The van der Waals surface area contributed by atoms with Crippen LogP contribution in [0.5, 0.6) is 21.6 Å². The third-order valence-electron chi connectivity index (χ3n) is 12.7. The van der Waals surface area contributed by atoms with Gasteiger partial charge >= 0.3 is 11.9 Å². The minimum absolute atomic E-state index is 0.142. The number of amides is 2. The molecule has 4 aliphatic rings. The number of carbonyl (C=O) groups excluding carboxylic acids is 3. The number of ether oxygens (including phenoxy) is 7. The van der Waals surface area contributed by atoms with Gasteiger partial charge in [0.25, 0.3) is 11.8 Å². The van der Waals surface area contributed by atoms with Gasteiger partial charge in [0.15, 0.2) is 42.1 Å². The predicted molar refractivity (Wildman–Crippen MR) is 281 cm³/mol. The van der Waals surface area contributed by atoms with Crippen LogP contribution in [0.1, 0.15) is 95.4 Å². The van der Waals surface area contributed by atoms with Crippen LogP contribution in [0.3, 0.4) is 0 Å². The van der Waals surface area contributed by atoms with Crippen molar-refractivity contribution in [1.29, 1.82) is 0 Å². The lowest BCUT2D eigenvalue weighted by molar-refractivity contribution is -0.136. The van der Waals surface area contributed by atoms with Gasteiger partial charge in [-0.25, -0.2) is 36.4 Å². The summed E-state index contributed by atoms with van der Waals surface area (Å²) >= 11 is 2.24. The zero-order valence-corrected chi connectivity index (χ0v) is 44.7. The van der Waals surface area contributed by atoms with Crippen LogP contribution in [0.2, 0.25) is 0 Å². The molecule has 2 atom stereocenters. The monoisotopic (exact) mass is 1130 g/mol. The van der Waals surface area contributed by atoms with Gasteiger partial charge in [-0.15, -0.1) is 0 Å². The molecule has 2 saturated carbocycles. The molecular formula is C53H54N4O16S4. The minimum Gasteiger partial charge on any atom is -0.478 e. The molecule has 6 aromatic rings. The summed E-state index contributed by atoms with van der Waals surface area (Å²) in [6, 6.07) is 25.0. The van der Waals surface area contributed by atoms with E-state index in [1.165, 1.54) is 68.0 Å². The predicted octanol–water partition coefficient (Wildman–Crippen LogP) is 8.98. The van der Waals surface area contributed by atoms with Crippen LogP contribution in [0.25, 0.3) is 0 Å². The average molecular weight is 1130 g/mol. The smallest absolute Gasteiger partial charge is 0.337 e. The van der Waals surface area contributed by atoms with E-state index < -0.39 is 55.6 Å². The molecule has 4 fully saturated rings. The van der Waals surface area contributed by atoms with Crippen LogP contribution in [0.4, 0.5) is 10.3 Å². The Morgan fingerprint density at radius 2 is 0.935 bits per heavy atom. The maximum Gasteiger partial charge on any atom is 0.337 e. The third kappa shape index (κ3) is 14.5. The van der Waals surface area contributed by atoms with Gasteiger partial charge in [0.1, 0.15) is 11.5 Å². The first-order valence-electron chi connectivity index (χ1n) is 24.7. The number of anilines is 2. The third-order valence-corrected chi connectivity index (χ3v) is 18.8. The number of aromatic carboxylic acids is 1. The van der Waals surface area contributed by atoms with Crippen molar-refractivity contribution in [2.45, 2.75) is 96.1 Å². The van der Waals surface area contributed by atoms with Crippen LogP contribution in [0.15, 0.2) is 119 Å². The molecule has 2 aromatic heterocycles. The number of sulfone groups is 2. The van der Waals surface area contributed by atoms with Gasteiger partial charge in [-0.2, -0.15) is 0 Å². The normalized spacial score (nSPS) is 16.9. The number of hydrogen-bond donors (Lipinski definition) is 3. The van der Waals surface area contributed by atoms with E-state index in [1.54, 1.807) is 48.5 Å². The highest BCUT2D eigenvalue weighted by molar-refractivity contribution is 7.92. The fraction of sp³-hybridized carbons (Fsp3) is 0.358. The Balaban J connectivity index is 0.000000188. The molecule has 0 spiro atoms. The number of carboxylic acid groups (broad SMARTS) is 1. The van der Waals surface area contributed by atoms with Crippen LogP contribution in [-0.2, 0) is 52.9 Å². The van der Waals surface area contributed by atoms with Crippen molar-refractivity contribution in [2.75, 3.05) is 44.2 Å².